The zero-order chi connectivity index (χ0) is 8.65. The van der Waals surface area contributed by atoms with Crippen molar-refractivity contribution in [3.8, 4) is 0 Å². The van der Waals surface area contributed by atoms with Gasteiger partial charge in [0.05, 0.1) is 0 Å². The van der Waals surface area contributed by atoms with Crippen molar-refractivity contribution in [2.45, 2.75) is 52.6 Å². The Labute approximate surface area is 70.8 Å². The van der Waals surface area contributed by atoms with Crippen molar-refractivity contribution in [2.75, 3.05) is 6.54 Å². The van der Waals surface area contributed by atoms with E-state index in [2.05, 4.69) is 39.5 Å². The van der Waals surface area contributed by atoms with Crippen LogP contribution >= 0.6 is 0 Å². The van der Waals surface area contributed by atoms with E-state index >= 15 is 0 Å². The Kier molecular flexibility index (Phi) is 2.29. The first-order chi connectivity index (χ1) is 4.98. The summed E-state index contributed by atoms with van der Waals surface area (Å²) in [7, 11) is 0. The minimum Gasteiger partial charge on any atom is -0.295 e. The van der Waals surface area contributed by atoms with Crippen molar-refractivity contribution in [2.24, 2.45) is 5.92 Å². The summed E-state index contributed by atoms with van der Waals surface area (Å²) >= 11 is 0. The Bertz CT molecular complexity index is 140. The lowest BCUT2D eigenvalue weighted by Crippen LogP contribution is -2.63. The average molecular weight is 155 g/mol. The Morgan fingerprint density at radius 1 is 1.18 bits per heavy atom. The highest BCUT2D eigenvalue weighted by molar-refractivity contribution is 4.99. The summed E-state index contributed by atoms with van der Waals surface area (Å²) in [5.41, 5.74) is 0.494. The first-order valence-electron chi connectivity index (χ1n) is 4.75. The van der Waals surface area contributed by atoms with Crippen LogP contribution in [0.15, 0.2) is 0 Å². The molecule has 1 rings (SSSR count). The maximum absolute atomic E-state index is 2.61. The smallest absolute Gasteiger partial charge is 0.0219 e. The molecule has 0 N–H and O–H groups in total. The van der Waals surface area contributed by atoms with Crippen LogP contribution < -0.4 is 0 Å². The van der Waals surface area contributed by atoms with E-state index in [0.29, 0.717) is 5.54 Å². The molecule has 66 valence electrons. The van der Waals surface area contributed by atoms with Crippen LogP contribution in [0.4, 0.5) is 0 Å². The van der Waals surface area contributed by atoms with Crippen LogP contribution in [0, 0.1) is 5.92 Å². The van der Waals surface area contributed by atoms with Crippen molar-refractivity contribution in [3.63, 3.8) is 0 Å². The van der Waals surface area contributed by atoms with E-state index in [1.54, 1.807) is 0 Å². The lowest BCUT2D eigenvalue weighted by Gasteiger charge is -2.56. The highest BCUT2D eigenvalue weighted by Crippen LogP contribution is 2.38. The van der Waals surface area contributed by atoms with Gasteiger partial charge in [0, 0.05) is 18.1 Å². The summed E-state index contributed by atoms with van der Waals surface area (Å²) in [6, 6.07) is 0.719. The number of nitrogens with zero attached hydrogens (tertiary/aromatic N) is 1. The molecule has 1 heteroatoms. The fourth-order valence-electron chi connectivity index (χ4n) is 2.06. The Balaban J connectivity index is 2.59. The summed E-state index contributed by atoms with van der Waals surface area (Å²) in [6.45, 7) is 12.9. The lowest BCUT2D eigenvalue weighted by molar-refractivity contribution is -0.0583. The molecule has 0 radical (unpaired) electrons. The quantitative estimate of drug-likeness (QED) is 0.592. The molecule has 1 heterocycles. The lowest BCUT2D eigenvalue weighted by atomic mass is 9.76. The predicted octanol–water partition coefficient (Wildman–Crippen LogP) is 2.52. The van der Waals surface area contributed by atoms with Crippen molar-refractivity contribution in [1.29, 1.82) is 0 Å². The second kappa shape index (κ2) is 2.78. The molecule has 1 aliphatic heterocycles. The van der Waals surface area contributed by atoms with E-state index in [1.807, 2.05) is 0 Å². The first kappa shape index (κ1) is 9.05. The number of hydrogen-bond acceptors (Lipinski definition) is 1. The van der Waals surface area contributed by atoms with Crippen molar-refractivity contribution >= 4 is 0 Å². The molecular formula is C10H21N. The Morgan fingerprint density at radius 3 is 1.82 bits per heavy atom. The summed E-state index contributed by atoms with van der Waals surface area (Å²) in [5.74, 6) is 0.790. The van der Waals surface area contributed by atoms with Crippen molar-refractivity contribution in [1.82, 2.24) is 4.90 Å². The normalized spacial score (nSPS) is 33.0. The molecular weight excluding hydrogens is 134 g/mol. The summed E-state index contributed by atoms with van der Waals surface area (Å²) in [6.07, 6.45) is 1.38. The molecule has 0 saturated carbocycles. The number of hydrogen-bond donors (Lipinski definition) is 0. The van der Waals surface area contributed by atoms with Gasteiger partial charge in [-0.1, -0.05) is 13.8 Å². The molecule has 0 aromatic rings. The molecule has 1 aliphatic rings. The van der Waals surface area contributed by atoms with Gasteiger partial charge in [0.15, 0.2) is 0 Å². The van der Waals surface area contributed by atoms with E-state index in [4.69, 9.17) is 0 Å². The van der Waals surface area contributed by atoms with Gasteiger partial charge in [0.2, 0.25) is 0 Å². The highest BCUT2D eigenvalue weighted by atomic mass is 15.3. The van der Waals surface area contributed by atoms with Gasteiger partial charge in [0.25, 0.3) is 0 Å². The summed E-state index contributed by atoms with van der Waals surface area (Å²) < 4.78 is 0. The van der Waals surface area contributed by atoms with Crippen LogP contribution in [0.2, 0.25) is 0 Å². The SMILES string of the molecule is CC(C)N1CC[C@]1(C)C(C)C. The number of rotatable bonds is 2. The fraction of sp³-hybridized carbons (Fsp3) is 1.00. The molecule has 1 nitrogen and oxygen atoms in total. The zero-order valence-electron chi connectivity index (χ0n) is 8.52. The third-order valence-corrected chi connectivity index (χ3v) is 3.38. The second-order valence-corrected chi connectivity index (χ2v) is 4.55. The van der Waals surface area contributed by atoms with Crippen LogP contribution in [-0.4, -0.2) is 23.0 Å². The van der Waals surface area contributed by atoms with Gasteiger partial charge in [-0.05, 0) is 33.1 Å². The minimum absolute atomic E-state index is 0.494. The average Bonchev–Trinajstić information content (AvgIpc) is 1.82. The van der Waals surface area contributed by atoms with Gasteiger partial charge in [-0.2, -0.15) is 0 Å². The minimum atomic E-state index is 0.494. The topological polar surface area (TPSA) is 3.24 Å². The molecule has 1 fully saturated rings. The zero-order valence-corrected chi connectivity index (χ0v) is 8.52. The van der Waals surface area contributed by atoms with E-state index < -0.39 is 0 Å². The molecule has 0 bridgehead atoms. The number of likely N-dealkylation sites (tertiary alicyclic amines) is 1. The molecule has 0 aromatic carbocycles. The van der Waals surface area contributed by atoms with Gasteiger partial charge in [-0.3, -0.25) is 4.90 Å². The molecule has 0 spiro atoms. The molecule has 0 unspecified atom stereocenters. The highest BCUT2D eigenvalue weighted by Gasteiger charge is 2.43. The fourth-order valence-corrected chi connectivity index (χ4v) is 2.06. The molecule has 11 heavy (non-hydrogen) atoms. The third-order valence-electron chi connectivity index (χ3n) is 3.38. The second-order valence-electron chi connectivity index (χ2n) is 4.55. The van der Waals surface area contributed by atoms with Crippen molar-refractivity contribution in [3.05, 3.63) is 0 Å². The van der Waals surface area contributed by atoms with Crippen LogP contribution in [0.25, 0.3) is 0 Å². The van der Waals surface area contributed by atoms with Crippen molar-refractivity contribution < 1.29 is 0 Å². The monoisotopic (exact) mass is 155 g/mol. The maximum atomic E-state index is 2.61. The maximum Gasteiger partial charge on any atom is 0.0219 e. The standard InChI is InChI=1S/C10H21N/c1-8(2)10(5)6-7-11(10)9(3)4/h8-9H,6-7H2,1-5H3/t10-/m1/s1. The molecule has 0 aliphatic carbocycles. The third kappa shape index (κ3) is 1.31. The van der Waals surface area contributed by atoms with E-state index in [0.717, 1.165) is 12.0 Å². The summed E-state index contributed by atoms with van der Waals surface area (Å²) in [5, 5.41) is 0. The summed E-state index contributed by atoms with van der Waals surface area (Å²) in [4.78, 5) is 2.61. The molecule has 0 aromatic heterocycles. The first-order valence-corrected chi connectivity index (χ1v) is 4.75. The largest absolute Gasteiger partial charge is 0.295 e. The van der Waals surface area contributed by atoms with Crippen LogP contribution in [0.1, 0.15) is 41.0 Å². The Morgan fingerprint density at radius 2 is 1.73 bits per heavy atom. The van der Waals surface area contributed by atoms with Gasteiger partial charge in [-0.25, -0.2) is 0 Å². The van der Waals surface area contributed by atoms with Gasteiger partial charge >= 0.3 is 0 Å². The van der Waals surface area contributed by atoms with Crippen LogP contribution in [0.5, 0.6) is 0 Å². The van der Waals surface area contributed by atoms with Gasteiger partial charge < -0.3 is 0 Å². The van der Waals surface area contributed by atoms with Gasteiger partial charge in [0.1, 0.15) is 0 Å². The molecule has 1 saturated heterocycles. The van der Waals surface area contributed by atoms with Crippen LogP contribution in [0.3, 0.4) is 0 Å². The van der Waals surface area contributed by atoms with Gasteiger partial charge in [-0.15, -0.1) is 0 Å². The van der Waals surface area contributed by atoms with E-state index in [-0.39, 0.29) is 0 Å². The molecule has 1 atom stereocenters. The van der Waals surface area contributed by atoms with Crippen LogP contribution in [-0.2, 0) is 0 Å². The van der Waals surface area contributed by atoms with E-state index in [9.17, 15) is 0 Å². The van der Waals surface area contributed by atoms with E-state index in [1.165, 1.54) is 13.0 Å². The Hall–Kier alpha value is -0.0400. The molecule has 0 amide bonds. The predicted molar refractivity (Wildman–Crippen MR) is 49.7 cm³/mol.